The number of amides is 1. The summed E-state index contributed by atoms with van der Waals surface area (Å²) in [5.41, 5.74) is 2.19. The fraction of sp³-hybridized carbons (Fsp3) is 0.400. The Morgan fingerprint density at radius 3 is 2.59 bits per heavy atom. The zero-order valence-electron chi connectivity index (χ0n) is 17.5. The molecule has 3 rings (SSSR count). The van der Waals surface area contributed by atoms with Gasteiger partial charge in [0.15, 0.2) is 5.69 Å². The molecule has 0 unspecified atom stereocenters. The molecule has 1 fully saturated rings. The van der Waals surface area contributed by atoms with Gasteiger partial charge >= 0.3 is 11.7 Å². The number of nitrogens with zero attached hydrogens (tertiary/aromatic N) is 4. The minimum absolute atomic E-state index is 0.000459. The summed E-state index contributed by atoms with van der Waals surface area (Å²) in [6.45, 7) is 1.87. The molecule has 170 valence electrons. The van der Waals surface area contributed by atoms with Gasteiger partial charge < -0.3 is 15.5 Å². The molecule has 2 aromatic heterocycles. The fourth-order valence-electron chi connectivity index (χ4n) is 3.30. The molecule has 0 aliphatic heterocycles. The van der Waals surface area contributed by atoms with Crippen LogP contribution in [0.3, 0.4) is 0 Å². The van der Waals surface area contributed by atoms with Crippen molar-refractivity contribution in [3.63, 3.8) is 0 Å². The molecule has 0 saturated heterocycles. The highest BCUT2D eigenvalue weighted by Crippen LogP contribution is 2.48. The summed E-state index contributed by atoms with van der Waals surface area (Å²) in [6.07, 6.45) is -2.05. The molecule has 0 aromatic carbocycles. The number of thioether (sulfide) groups is 1. The maximum Gasteiger partial charge on any atom is 0.435 e. The van der Waals surface area contributed by atoms with E-state index in [4.69, 9.17) is 5.73 Å². The van der Waals surface area contributed by atoms with Crippen LogP contribution in [0, 0.1) is 11.3 Å². The second-order valence-corrected chi connectivity index (χ2v) is 8.48. The zero-order valence-corrected chi connectivity index (χ0v) is 18.3. The summed E-state index contributed by atoms with van der Waals surface area (Å²) in [6, 6.07) is 4.53. The fourth-order valence-corrected chi connectivity index (χ4v) is 4.10. The van der Waals surface area contributed by atoms with Crippen molar-refractivity contribution in [3.8, 4) is 6.07 Å². The Morgan fingerprint density at radius 2 is 2.09 bits per heavy atom. The highest BCUT2D eigenvalue weighted by atomic mass is 32.2. The van der Waals surface area contributed by atoms with Crippen LogP contribution in [-0.2, 0) is 11.6 Å². The highest BCUT2D eigenvalue weighted by Gasteiger charge is 2.45. The molecule has 2 N–H and O–H groups in total. The number of aromatic nitrogens is 2. The predicted molar refractivity (Wildman–Crippen MR) is 113 cm³/mol. The Bertz CT molecular complexity index is 1170. The minimum Gasteiger partial charge on any atom is -0.413 e. The number of pyridine rings is 2. The number of halogens is 3. The van der Waals surface area contributed by atoms with Crippen LogP contribution in [0.25, 0.3) is 0 Å². The van der Waals surface area contributed by atoms with E-state index in [2.05, 4.69) is 15.9 Å². The van der Waals surface area contributed by atoms with Gasteiger partial charge in [-0.25, -0.2) is 4.98 Å². The third kappa shape index (κ3) is 4.00. The molecule has 2 heterocycles. The van der Waals surface area contributed by atoms with E-state index in [1.54, 1.807) is 6.07 Å². The first-order valence-corrected chi connectivity index (χ1v) is 10.5. The van der Waals surface area contributed by atoms with Crippen molar-refractivity contribution in [2.75, 3.05) is 30.5 Å². The Balaban J connectivity index is 2.08. The summed E-state index contributed by atoms with van der Waals surface area (Å²) < 4.78 is 39.8. The number of carbonyl (C=O) groups is 1. The maximum atomic E-state index is 13.2. The molecule has 8 nitrogen and oxygen atoms in total. The van der Waals surface area contributed by atoms with E-state index < -0.39 is 40.1 Å². The van der Waals surface area contributed by atoms with Crippen LogP contribution in [0.4, 0.5) is 24.5 Å². The van der Waals surface area contributed by atoms with Crippen LogP contribution >= 0.6 is 11.8 Å². The molecule has 0 radical (unpaired) electrons. The Hall–Kier alpha value is -3.20. The molecular formula is C20H20F3N5O3S. The third-order valence-corrected chi connectivity index (χ3v) is 6.07. The van der Waals surface area contributed by atoms with Crippen LogP contribution in [-0.4, -0.2) is 35.5 Å². The van der Waals surface area contributed by atoms with E-state index in [0.717, 1.165) is 12.0 Å². The van der Waals surface area contributed by atoms with Gasteiger partial charge in [-0.3, -0.25) is 9.59 Å². The highest BCUT2D eigenvalue weighted by molar-refractivity contribution is 7.99. The number of nitrogen functional groups attached to an aromatic ring is 1. The van der Waals surface area contributed by atoms with Crippen LogP contribution in [0.1, 0.15) is 41.5 Å². The van der Waals surface area contributed by atoms with Gasteiger partial charge in [-0.2, -0.15) is 18.4 Å². The Kier molecular flexibility index (Phi) is 6.15. The summed E-state index contributed by atoms with van der Waals surface area (Å²) in [4.78, 5) is 36.1. The molecule has 12 heteroatoms. The summed E-state index contributed by atoms with van der Waals surface area (Å²) in [5.74, 6) is -0.131. The van der Waals surface area contributed by atoms with Gasteiger partial charge in [0.05, 0.1) is 17.2 Å². The molecule has 1 amide bonds. The number of hydrogen-bond donors (Lipinski definition) is 1. The van der Waals surface area contributed by atoms with Crippen LogP contribution in [0.2, 0.25) is 0 Å². The van der Waals surface area contributed by atoms with Gasteiger partial charge in [0.2, 0.25) is 0 Å². The van der Waals surface area contributed by atoms with Crippen LogP contribution < -0.4 is 21.0 Å². The van der Waals surface area contributed by atoms with Gasteiger partial charge in [-0.05, 0) is 36.3 Å². The predicted octanol–water partition coefficient (Wildman–Crippen LogP) is 2.85. The first-order valence-electron chi connectivity index (χ1n) is 9.50. The summed E-state index contributed by atoms with van der Waals surface area (Å²) in [7, 11) is 2.12. The van der Waals surface area contributed by atoms with E-state index >= 15 is 0 Å². The molecule has 32 heavy (non-hydrogen) atoms. The smallest absolute Gasteiger partial charge is 0.413 e. The monoisotopic (exact) mass is 467 g/mol. The first-order chi connectivity index (χ1) is 15.0. The number of hydrogen-bond acceptors (Lipinski definition) is 7. The number of carbonyl (C=O) groups excluding carboxylic acids is 1. The lowest BCUT2D eigenvalue weighted by atomic mass is 9.99. The standard InChI is InChI=1S/C20H20F3N5O3S/c1-4-32-13-7-11(19(10-24)5-6-19)9-26-15(13)17(29)27(2)16-12(25)8-14(20(21,22)23)28(31-3)18(16)30/h7-9H,4-6,25H2,1-3H3. The van der Waals surface area contributed by atoms with Crippen molar-refractivity contribution in [3.05, 3.63) is 45.6 Å². The van der Waals surface area contributed by atoms with E-state index in [-0.39, 0.29) is 10.4 Å². The number of anilines is 2. The largest absolute Gasteiger partial charge is 0.435 e. The van der Waals surface area contributed by atoms with E-state index in [1.165, 1.54) is 25.0 Å². The lowest BCUT2D eigenvalue weighted by molar-refractivity contribution is -0.151. The second kappa shape index (κ2) is 8.38. The average molecular weight is 467 g/mol. The average Bonchev–Trinajstić information content (AvgIpc) is 3.53. The van der Waals surface area contributed by atoms with Crippen molar-refractivity contribution in [2.45, 2.75) is 36.3 Å². The number of nitriles is 1. The molecular weight excluding hydrogens is 447 g/mol. The molecule has 0 spiro atoms. The molecule has 2 aromatic rings. The van der Waals surface area contributed by atoms with Gasteiger partial charge in [0, 0.05) is 18.1 Å². The Morgan fingerprint density at radius 1 is 1.44 bits per heavy atom. The lowest BCUT2D eigenvalue weighted by Gasteiger charge is -2.22. The normalized spacial score (nSPS) is 14.5. The topological polar surface area (TPSA) is 114 Å². The number of rotatable bonds is 6. The molecule has 1 saturated carbocycles. The molecule has 0 bridgehead atoms. The number of alkyl halides is 3. The van der Waals surface area contributed by atoms with E-state index in [9.17, 15) is 28.0 Å². The summed E-state index contributed by atoms with van der Waals surface area (Å²) in [5, 5.41) is 9.43. The maximum absolute atomic E-state index is 13.2. The van der Waals surface area contributed by atoms with Crippen molar-refractivity contribution in [1.29, 1.82) is 5.26 Å². The molecule has 1 aliphatic rings. The van der Waals surface area contributed by atoms with Gasteiger partial charge in [0.25, 0.3) is 5.91 Å². The van der Waals surface area contributed by atoms with E-state index in [0.29, 0.717) is 35.1 Å². The van der Waals surface area contributed by atoms with Crippen LogP contribution in [0.5, 0.6) is 0 Å². The third-order valence-electron chi connectivity index (χ3n) is 5.16. The lowest BCUT2D eigenvalue weighted by Crippen LogP contribution is -2.39. The van der Waals surface area contributed by atoms with Gasteiger partial charge in [0.1, 0.15) is 18.5 Å². The molecule has 0 atom stereocenters. The minimum atomic E-state index is -4.90. The van der Waals surface area contributed by atoms with Crippen molar-refractivity contribution in [1.82, 2.24) is 9.71 Å². The van der Waals surface area contributed by atoms with Gasteiger partial charge in [-0.15, -0.1) is 16.5 Å². The first kappa shape index (κ1) is 23.5. The quantitative estimate of drug-likeness (QED) is 0.650. The summed E-state index contributed by atoms with van der Waals surface area (Å²) >= 11 is 1.33. The SMILES string of the molecule is CCSc1cc(C2(C#N)CC2)cnc1C(=O)N(C)c1c(N)cc(C(F)(F)F)n(OC)c1=O. The zero-order chi connectivity index (χ0) is 23.8. The van der Waals surface area contributed by atoms with Crippen molar-refractivity contribution >= 4 is 29.0 Å². The Labute approximate surface area is 185 Å². The van der Waals surface area contributed by atoms with Crippen LogP contribution in [0.15, 0.2) is 28.0 Å². The number of nitrogens with two attached hydrogens (primary N) is 1. The van der Waals surface area contributed by atoms with Crippen molar-refractivity contribution in [2.24, 2.45) is 0 Å². The van der Waals surface area contributed by atoms with E-state index in [1.807, 2.05) is 6.92 Å². The van der Waals surface area contributed by atoms with Crippen molar-refractivity contribution < 1.29 is 22.8 Å². The van der Waals surface area contributed by atoms with Gasteiger partial charge in [-0.1, -0.05) is 6.92 Å². The second-order valence-electron chi connectivity index (χ2n) is 7.18. The molecule has 1 aliphatic carbocycles.